The second-order valence-electron chi connectivity index (χ2n) is 8.98. The highest BCUT2D eigenvalue weighted by Gasteiger charge is 2.35. The summed E-state index contributed by atoms with van der Waals surface area (Å²) in [5, 5.41) is 12.0. The molecule has 0 aliphatic rings. The van der Waals surface area contributed by atoms with E-state index in [1.807, 2.05) is 0 Å². The molecule has 210 valence electrons. The number of nitrogens with zero attached hydrogens (tertiary/aromatic N) is 2. The summed E-state index contributed by atoms with van der Waals surface area (Å²) in [7, 11) is 1.21. The summed E-state index contributed by atoms with van der Waals surface area (Å²) >= 11 is 0. The van der Waals surface area contributed by atoms with Gasteiger partial charge in [-0.25, -0.2) is 13.6 Å². The minimum Gasteiger partial charge on any atom is -0.635 e. The molecule has 0 saturated heterocycles. The molecule has 0 aliphatic carbocycles. The number of hydrogen-bond donors (Lipinski definition) is 1. The van der Waals surface area contributed by atoms with Crippen LogP contribution in [0.5, 0.6) is 5.75 Å². The summed E-state index contributed by atoms with van der Waals surface area (Å²) < 4.78 is 77.8. The summed E-state index contributed by atoms with van der Waals surface area (Å²) in [5.41, 5.74) is -4.04. The Kier molecular flexibility index (Phi) is 8.21. The van der Waals surface area contributed by atoms with E-state index in [1.165, 1.54) is 32.2 Å². The van der Waals surface area contributed by atoms with Gasteiger partial charge in [0.05, 0.1) is 31.3 Å². The molecule has 4 rings (SSSR count). The van der Waals surface area contributed by atoms with Crippen molar-refractivity contribution in [1.29, 1.82) is 0 Å². The number of benzene rings is 3. The first kappa shape index (κ1) is 28.7. The lowest BCUT2D eigenvalue weighted by molar-refractivity contribution is -0.636. The van der Waals surface area contributed by atoms with Crippen molar-refractivity contribution in [1.82, 2.24) is 9.13 Å². The Labute approximate surface area is 224 Å². The Morgan fingerprint density at radius 1 is 0.950 bits per heavy atom. The number of alkyl halides is 3. The zero-order chi connectivity index (χ0) is 29.2. The van der Waals surface area contributed by atoms with Gasteiger partial charge in [-0.05, 0) is 25.1 Å². The highest BCUT2D eigenvalue weighted by molar-refractivity contribution is 5.67. The topological polar surface area (TPSA) is 92.9 Å². The fourth-order valence-corrected chi connectivity index (χ4v) is 4.59. The number of methoxy groups -OCH3 is 1. The van der Waals surface area contributed by atoms with Crippen LogP contribution in [-0.2, 0) is 19.3 Å². The first-order valence-corrected chi connectivity index (χ1v) is 12.0. The van der Waals surface area contributed by atoms with E-state index in [1.54, 1.807) is 30.3 Å². The highest BCUT2D eigenvalue weighted by Crippen LogP contribution is 2.34. The van der Waals surface area contributed by atoms with Crippen LogP contribution in [0.15, 0.2) is 76.3 Å². The first-order valence-electron chi connectivity index (χ1n) is 12.0. The number of hydroxylamine groups is 1. The van der Waals surface area contributed by atoms with Gasteiger partial charge in [-0.3, -0.25) is 13.9 Å². The molecule has 0 bridgehead atoms. The maximum atomic E-state index is 15.4. The molecule has 0 radical (unpaired) electrons. The van der Waals surface area contributed by atoms with Gasteiger partial charge in [0.15, 0.2) is 11.6 Å². The summed E-state index contributed by atoms with van der Waals surface area (Å²) in [5.74, 6) is -2.38. The maximum absolute atomic E-state index is 15.4. The van der Waals surface area contributed by atoms with Gasteiger partial charge in [-0.1, -0.05) is 48.5 Å². The van der Waals surface area contributed by atoms with Crippen molar-refractivity contribution in [3.63, 3.8) is 0 Å². The molecule has 1 aromatic heterocycles. The average molecular weight is 562 g/mol. The van der Waals surface area contributed by atoms with Crippen LogP contribution >= 0.6 is 0 Å². The standard InChI is InChI=1S/C28H24F5N3O4/c1-16-24(18-10-6-13-23(40-2)25(18)30)26(37)36(15-22(34-39)17-8-4-3-5-9-17)27(38)35(16)14-19-20(28(31,32)33)11-7-12-21(19)29/h3-13,22H,14-15,34H2,1-2H3/t22-/m0/s1. The molecule has 4 aromatic rings. The molecule has 2 N–H and O–H groups in total. The third kappa shape index (κ3) is 5.40. The van der Waals surface area contributed by atoms with Gasteiger partial charge >= 0.3 is 11.9 Å². The molecule has 12 heteroatoms. The number of aromatic nitrogens is 2. The van der Waals surface area contributed by atoms with Gasteiger partial charge in [0.1, 0.15) is 11.9 Å². The Bertz CT molecular complexity index is 1650. The quantitative estimate of drug-likeness (QED) is 0.259. The lowest BCUT2D eigenvalue weighted by atomic mass is 10.0. The summed E-state index contributed by atoms with van der Waals surface area (Å²) in [6.07, 6.45) is -4.94. The lowest BCUT2D eigenvalue weighted by Gasteiger charge is -2.23. The molecular formula is C28H24F5N3O4. The largest absolute Gasteiger partial charge is 0.635 e. The van der Waals surface area contributed by atoms with Crippen molar-refractivity contribution in [2.24, 2.45) is 0 Å². The summed E-state index contributed by atoms with van der Waals surface area (Å²) in [6.45, 7) is -0.153. The minimum absolute atomic E-state index is 0.197. The number of halogens is 5. The third-order valence-electron chi connectivity index (χ3n) is 6.65. The zero-order valence-electron chi connectivity index (χ0n) is 21.3. The van der Waals surface area contributed by atoms with E-state index >= 15 is 4.39 Å². The van der Waals surface area contributed by atoms with Gasteiger partial charge < -0.3 is 15.4 Å². The molecule has 7 nitrogen and oxygen atoms in total. The first-order chi connectivity index (χ1) is 19.0. The van der Waals surface area contributed by atoms with Crippen LogP contribution in [0.2, 0.25) is 0 Å². The fourth-order valence-electron chi connectivity index (χ4n) is 4.59. The molecule has 1 heterocycles. The van der Waals surface area contributed by atoms with Gasteiger partial charge in [0.25, 0.3) is 5.56 Å². The molecule has 0 spiro atoms. The predicted octanol–water partition coefficient (Wildman–Crippen LogP) is 4.14. The molecule has 0 unspecified atom stereocenters. The van der Waals surface area contributed by atoms with Gasteiger partial charge in [0, 0.05) is 22.4 Å². The van der Waals surface area contributed by atoms with Crippen molar-refractivity contribution < 1.29 is 32.2 Å². The Morgan fingerprint density at radius 2 is 1.62 bits per heavy atom. The van der Waals surface area contributed by atoms with Crippen LogP contribution in [0.1, 0.15) is 28.4 Å². The number of ether oxygens (including phenoxy) is 1. The van der Waals surface area contributed by atoms with E-state index in [0.717, 1.165) is 16.7 Å². The fraction of sp³-hybridized carbons (Fsp3) is 0.214. The normalized spacial score (nSPS) is 12.4. The average Bonchev–Trinajstić information content (AvgIpc) is 2.92. The number of hydrogen-bond acceptors (Lipinski definition) is 4. The second kappa shape index (κ2) is 11.4. The Hall–Kier alpha value is -4.29. The highest BCUT2D eigenvalue weighted by atomic mass is 19.4. The zero-order valence-corrected chi connectivity index (χ0v) is 21.3. The molecule has 3 aromatic carbocycles. The molecular weight excluding hydrogens is 537 g/mol. The molecule has 0 fully saturated rings. The van der Waals surface area contributed by atoms with Crippen molar-refractivity contribution in [2.45, 2.75) is 32.2 Å². The van der Waals surface area contributed by atoms with E-state index in [0.29, 0.717) is 21.7 Å². The smallest absolute Gasteiger partial charge is 0.416 e. The maximum Gasteiger partial charge on any atom is 0.416 e. The van der Waals surface area contributed by atoms with E-state index in [2.05, 4.69) is 0 Å². The van der Waals surface area contributed by atoms with Crippen LogP contribution in [0.25, 0.3) is 11.1 Å². The Balaban J connectivity index is 2.02. The molecule has 0 aliphatic heterocycles. The van der Waals surface area contributed by atoms with Crippen molar-refractivity contribution in [3.05, 3.63) is 127 Å². The summed E-state index contributed by atoms with van der Waals surface area (Å²) in [4.78, 5) is 27.4. The molecule has 0 saturated carbocycles. The van der Waals surface area contributed by atoms with Crippen LogP contribution in [0, 0.1) is 23.8 Å². The van der Waals surface area contributed by atoms with E-state index in [9.17, 15) is 32.4 Å². The van der Waals surface area contributed by atoms with E-state index in [4.69, 9.17) is 4.74 Å². The van der Waals surface area contributed by atoms with Crippen molar-refractivity contribution in [3.8, 4) is 16.9 Å². The van der Waals surface area contributed by atoms with Gasteiger partial charge in [-0.2, -0.15) is 13.2 Å². The van der Waals surface area contributed by atoms with Gasteiger partial charge in [-0.15, -0.1) is 0 Å². The number of quaternary nitrogens is 1. The van der Waals surface area contributed by atoms with Crippen LogP contribution in [0.3, 0.4) is 0 Å². The SMILES string of the molecule is COc1cccc(-c2c(C)n(Cc3c(F)cccc3C(F)(F)F)c(=O)n(C[C@H]([NH2+][O-])c3ccccc3)c2=O)c1F. The van der Waals surface area contributed by atoms with Gasteiger partial charge in [0.2, 0.25) is 0 Å². The van der Waals surface area contributed by atoms with Crippen molar-refractivity contribution in [2.75, 3.05) is 7.11 Å². The lowest BCUT2D eigenvalue weighted by Crippen LogP contribution is -2.80. The number of nitrogens with two attached hydrogens (primary N) is 1. The van der Waals surface area contributed by atoms with Crippen LogP contribution in [0.4, 0.5) is 22.0 Å². The second-order valence-corrected chi connectivity index (χ2v) is 8.98. The van der Waals surface area contributed by atoms with Crippen LogP contribution in [-0.4, -0.2) is 16.2 Å². The Morgan fingerprint density at radius 3 is 2.25 bits per heavy atom. The number of rotatable bonds is 8. The predicted molar refractivity (Wildman–Crippen MR) is 137 cm³/mol. The minimum atomic E-state index is -4.94. The molecule has 0 amide bonds. The monoisotopic (exact) mass is 561 g/mol. The summed E-state index contributed by atoms with van der Waals surface area (Å²) in [6, 6.07) is 13.5. The molecule has 1 atom stereocenters. The van der Waals surface area contributed by atoms with E-state index in [-0.39, 0.29) is 22.6 Å². The van der Waals surface area contributed by atoms with Crippen molar-refractivity contribution >= 4 is 0 Å². The van der Waals surface area contributed by atoms with E-state index < -0.39 is 59.3 Å². The van der Waals surface area contributed by atoms with Crippen LogP contribution < -0.4 is 21.5 Å². The third-order valence-corrected chi connectivity index (χ3v) is 6.65. The molecule has 40 heavy (non-hydrogen) atoms.